The first kappa shape index (κ1) is 16.7. The molecule has 0 aliphatic carbocycles. The molecule has 0 atom stereocenters. The van der Waals surface area contributed by atoms with Gasteiger partial charge in [-0.25, -0.2) is 9.18 Å². The van der Waals surface area contributed by atoms with E-state index in [1.807, 2.05) is 30.3 Å². The molecule has 0 saturated carbocycles. The van der Waals surface area contributed by atoms with Crippen molar-refractivity contribution < 1.29 is 19.0 Å². The first-order valence-corrected chi connectivity index (χ1v) is 7.89. The second kappa shape index (κ2) is 7.62. The van der Waals surface area contributed by atoms with E-state index >= 15 is 0 Å². The van der Waals surface area contributed by atoms with Gasteiger partial charge in [0, 0.05) is 0 Å². The third-order valence-electron chi connectivity index (χ3n) is 3.87. The van der Waals surface area contributed by atoms with Gasteiger partial charge in [0.2, 0.25) is 0 Å². The zero-order valence-corrected chi connectivity index (χ0v) is 13.5. The van der Waals surface area contributed by atoms with Crippen molar-refractivity contribution in [3.05, 3.63) is 101 Å². The summed E-state index contributed by atoms with van der Waals surface area (Å²) in [5, 5.41) is 9.48. The zero-order valence-electron chi connectivity index (χ0n) is 13.5. The van der Waals surface area contributed by atoms with Gasteiger partial charge in [-0.05, 0) is 47.4 Å². The topological polar surface area (TPSA) is 46.5 Å². The van der Waals surface area contributed by atoms with Crippen LogP contribution in [0.15, 0.2) is 72.8 Å². The van der Waals surface area contributed by atoms with E-state index in [1.165, 1.54) is 18.2 Å². The second-order valence-electron chi connectivity index (χ2n) is 5.70. The van der Waals surface area contributed by atoms with Gasteiger partial charge in [-0.3, -0.25) is 0 Å². The highest BCUT2D eigenvalue weighted by atomic mass is 19.1. The Morgan fingerprint density at radius 1 is 0.920 bits per heavy atom. The van der Waals surface area contributed by atoms with Crippen molar-refractivity contribution in [1.82, 2.24) is 0 Å². The first-order chi connectivity index (χ1) is 12.1. The standard InChI is InChI=1S/C21H17FO3/c22-18-9-6-15(7-10-18)12-17-8-11-19(13-20(17)21(23)24)25-14-16-4-2-1-3-5-16/h1-11,13H,12,14H2,(H,23,24). The highest BCUT2D eigenvalue weighted by molar-refractivity contribution is 5.90. The lowest BCUT2D eigenvalue weighted by Crippen LogP contribution is -2.05. The van der Waals surface area contributed by atoms with Crippen LogP contribution in [0.3, 0.4) is 0 Å². The Morgan fingerprint density at radius 3 is 2.32 bits per heavy atom. The minimum absolute atomic E-state index is 0.190. The molecule has 0 heterocycles. The average Bonchev–Trinajstić information content (AvgIpc) is 2.63. The molecule has 0 bridgehead atoms. The number of halogens is 1. The maximum Gasteiger partial charge on any atom is 0.336 e. The molecule has 3 aromatic carbocycles. The van der Waals surface area contributed by atoms with Gasteiger partial charge in [-0.15, -0.1) is 0 Å². The van der Waals surface area contributed by atoms with Crippen molar-refractivity contribution >= 4 is 5.97 Å². The minimum Gasteiger partial charge on any atom is -0.489 e. The monoisotopic (exact) mass is 336 g/mol. The van der Waals surface area contributed by atoms with Gasteiger partial charge in [0.1, 0.15) is 18.2 Å². The predicted octanol–water partition coefficient (Wildman–Crippen LogP) is 4.69. The van der Waals surface area contributed by atoms with E-state index in [2.05, 4.69) is 0 Å². The van der Waals surface area contributed by atoms with E-state index in [0.717, 1.165) is 11.1 Å². The van der Waals surface area contributed by atoms with Crippen molar-refractivity contribution in [2.24, 2.45) is 0 Å². The number of carbonyl (C=O) groups is 1. The fourth-order valence-corrected chi connectivity index (χ4v) is 2.56. The molecule has 0 radical (unpaired) electrons. The van der Waals surface area contributed by atoms with Crippen LogP contribution in [0.2, 0.25) is 0 Å². The fraction of sp³-hybridized carbons (Fsp3) is 0.0952. The van der Waals surface area contributed by atoms with Crippen LogP contribution in [0.25, 0.3) is 0 Å². The second-order valence-corrected chi connectivity index (χ2v) is 5.70. The summed E-state index contributed by atoms with van der Waals surface area (Å²) >= 11 is 0. The maximum absolute atomic E-state index is 13.0. The molecule has 126 valence electrons. The van der Waals surface area contributed by atoms with Gasteiger partial charge in [0.25, 0.3) is 0 Å². The predicted molar refractivity (Wildman–Crippen MR) is 93.4 cm³/mol. The minimum atomic E-state index is -1.01. The summed E-state index contributed by atoms with van der Waals surface area (Å²) in [5.41, 5.74) is 2.71. The summed E-state index contributed by atoms with van der Waals surface area (Å²) in [6.07, 6.45) is 0.418. The lowest BCUT2D eigenvalue weighted by atomic mass is 9.99. The van der Waals surface area contributed by atoms with Gasteiger partial charge in [0.05, 0.1) is 5.56 Å². The van der Waals surface area contributed by atoms with E-state index in [-0.39, 0.29) is 11.4 Å². The Hall–Kier alpha value is -3.14. The van der Waals surface area contributed by atoms with E-state index in [4.69, 9.17) is 4.74 Å². The lowest BCUT2D eigenvalue weighted by molar-refractivity contribution is 0.0695. The van der Waals surface area contributed by atoms with Crippen molar-refractivity contribution in [2.75, 3.05) is 0 Å². The van der Waals surface area contributed by atoms with Crippen LogP contribution < -0.4 is 4.74 Å². The summed E-state index contributed by atoms with van der Waals surface area (Å²) in [6.45, 7) is 0.372. The molecule has 0 aliphatic heterocycles. The number of benzene rings is 3. The molecule has 1 N–H and O–H groups in total. The molecule has 0 amide bonds. The van der Waals surface area contributed by atoms with Gasteiger partial charge >= 0.3 is 5.97 Å². The number of carboxylic acid groups (broad SMARTS) is 1. The third-order valence-corrected chi connectivity index (χ3v) is 3.87. The Labute approximate surface area is 145 Å². The molecule has 0 spiro atoms. The van der Waals surface area contributed by atoms with Gasteiger partial charge in [-0.1, -0.05) is 48.5 Å². The van der Waals surface area contributed by atoms with Crippen molar-refractivity contribution in [2.45, 2.75) is 13.0 Å². The van der Waals surface area contributed by atoms with Gasteiger partial charge in [-0.2, -0.15) is 0 Å². The third kappa shape index (κ3) is 4.44. The van der Waals surface area contributed by atoms with Crippen molar-refractivity contribution in [1.29, 1.82) is 0 Å². The Kier molecular flexibility index (Phi) is 5.09. The number of hydrogen-bond acceptors (Lipinski definition) is 2. The number of aromatic carboxylic acids is 1. The molecule has 25 heavy (non-hydrogen) atoms. The number of rotatable bonds is 6. The van der Waals surface area contributed by atoms with Crippen LogP contribution in [0.1, 0.15) is 27.0 Å². The molecular formula is C21H17FO3. The van der Waals surface area contributed by atoms with Crippen molar-refractivity contribution in [3.8, 4) is 5.75 Å². The molecule has 0 aromatic heterocycles. The van der Waals surface area contributed by atoms with Crippen LogP contribution in [-0.4, -0.2) is 11.1 Å². The van der Waals surface area contributed by atoms with Gasteiger partial charge in [0.15, 0.2) is 0 Å². The van der Waals surface area contributed by atoms with Crippen LogP contribution >= 0.6 is 0 Å². The number of hydrogen-bond donors (Lipinski definition) is 1. The Morgan fingerprint density at radius 2 is 1.64 bits per heavy atom. The van der Waals surface area contributed by atoms with E-state index in [9.17, 15) is 14.3 Å². The highest BCUT2D eigenvalue weighted by Crippen LogP contribution is 2.22. The van der Waals surface area contributed by atoms with Crippen LogP contribution in [-0.2, 0) is 13.0 Å². The molecule has 4 heteroatoms. The quantitative estimate of drug-likeness (QED) is 0.710. The summed E-state index contributed by atoms with van der Waals surface area (Å²) < 4.78 is 18.7. The molecule has 0 unspecified atom stereocenters. The normalized spacial score (nSPS) is 10.4. The Balaban J connectivity index is 1.78. The lowest BCUT2D eigenvalue weighted by Gasteiger charge is -2.11. The average molecular weight is 336 g/mol. The smallest absolute Gasteiger partial charge is 0.336 e. The van der Waals surface area contributed by atoms with E-state index in [1.54, 1.807) is 24.3 Å². The van der Waals surface area contributed by atoms with Crippen LogP contribution in [0.4, 0.5) is 4.39 Å². The number of ether oxygens (including phenoxy) is 1. The molecule has 0 fully saturated rings. The molecule has 0 saturated heterocycles. The van der Waals surface area contributed by atoms with Gasteiger partial charge < -0.3 is 9.84 Å². The van der Waals surface area contributed by atoms with Crippen molar-refractivity contribution in [3.63, 3.8) is 0 Å². The summed E-state index contributed by atoms with van der Waals surface area (Å²) in [4.78, 5) is 11.6. The van der Waals surface area contributed by atoms with Crippen LogP contribution in [0.5, 0.6) is 5.75 Å². The molecular weight excluding hydrogens is 319 g/mol. The molecule has 0 aliphatic rings. The zero-order chi connectivity index (χ0) is 17.6. The highest BCUT2D eigenvalue weighted by Gasteiger charge is 2.12. The van der Waals surface area contributed by atoms with Crippen LogP contribution in [0, 0.1) is 5.82 Å². The fourth-order valence-electron chi connectivity index (χ4n) is 2.56. The number of carboxylic acids is 1. The summed E-state index contributed by atoms with van der Waals surface area (Å²) in [7, 11) is 0. The molecule has 3 aromatic rings. The Bertz CT molecular complexity index is 858. The maximum atomic E-state index is 13.0. The largest absolute Gasteiger partial charge is 0.489 e. The van der Waals surface area contributed by atoms with E-state index in [0.29, 0.717) is 24.3 Å². The first-order valence-electron chi connectivity index (χ1n) is 7.89. The molecule has 3 rings (SSSR count). The molecule has 3 nitrogen and oxygen atoms in total. The SMILES string of the molecule is O=C(O)c1cc(OCc2ccccc2)ccc1Cc1ccc(F)cc1. The van der Waals surface area contributed by atoms with E-state index < -0.39 is 5.97 Å². The summed E-state index contributed by atoms with van der Waals surface area (Å²) in [6, 6.07) is 20.7. The summed E-state index contributed by atoms with van der Waals surface area (Å²) in [5.74, 6) is -0.821.